The molecule has 0 saturated heterocycles. The van der Waals surface area contributed by atoms with Crippen molar-refractivity contribution in [2.45, 2.75) is 20.8 Å². The molecule has 5 aromatic rings. The summed E-state index contributed by atoms with van der Waals surface area (Å²) >= 11 is 1.40. The number of nitrogens with zero attached hydrogens (tertiary/aromatic N) is 3. The van der Waals surface area contributed by atoms with E-state index in [2.05, 4.69) is 20.7 Å². The predicted octanol–water partition coefficient (Wildman–Crippen LogP) is 7.22. The standard InChI is InChI=1S/C24H20FN5S.C2H6.CH2O/c1-15-11-22(30(29-15)20-12-17-8-10-31-24(17)21(25)14-20)16-7-9-27-23(13-16)28-19-5-3-18(26-2)4-6-19;2*1-2/h3-14,26H,1-2H3,(H,27,28);1-2H3;1H2. The number of anilines is 3. The molecule has 0 aliphatic heterocycles. The summed E-state index contributed by atoms with van der Waals surface area (Å²) in [4.78, 5) is 12.4. The highest BCUT2D eigenvalue weighted by Gasteiger charge is 2.14. The number of aromatic nitrogens is 3. The SMILES string of the molecule is C=O.CC.CNc1ccc(Nc2cc(-c3cc(C)nn3-c3cc(F)c4sccc4c3)ccn2)cc1. The van der Waals surface area contributed by atoms with Crippen molar-refractivity contribution >= 4 is 45.4 Å². The zero-order chi connectivity index (χ0) is 25.4. The van der Waals surface area contributed by atoms with Crippen LogP contribution in [-0.2, 0) is 4.79 Å². The second-order valence-corrected chi connectivity index (χ2v) is 8.15. The Hall–Kier alpha value is -4.04. The quantitative estimate of drug-likeness (QED) is 0.273. The van der Waals surface area contributed by atoms with Crippen LogP contribution in [0.4, 0.5) is 21.6 Å². The first-order valence-electron chi connectivity index (χ1n) is 11.1. The number of pyridine rings is 1. The molecule has 0 spiro atoms. The number of rotatable bonds is 5. The van der Waals surface area contributed by atoms with Crippen LogP contribution in [0.15, 0.2) is 72.2 Å². The molecule has 0 aliphatic carbocycles. The molecule has 35 heavy (non-hydrogen) atoms. The molecular weight excluding hydrogens is 461 g/mol. The number of nitrogens with one attached hydrogen (secondary N) is 2. The number of hydrogen-bond acceptors (Lipinski definition) is 6. The summed E-state index contributed by atoms with van der Waals surface area (Å²) < 4.78 is 17.1. The highest BCUT2D eigenvalue weighted by atomic mass is 32.1. The average Bonchev–Trinajstić information content (AvgIpc) is 3.54. The Kier molecular flexibility index (Phi) is 8.69. The molecule has 6 nitrogen and oxygen atoms in total. The molecule has 2 N–H and O–H groups in total. The maximum absolute atomic E-state index is 14.6. The van der Waals surface area contributed by atoms with E-state index in [-0.39, 0.29) is 5.82 Å². The van der Waals surface area contributed by atoms with Crippen LogP contribution in [0.1, 0.15) is 19.5 Å². The van der Waals surface area contributed by atoms with Crippen LogP contribution in [-0.4, -0.2) is 28.6 Å². The van der Waals surface area contributed by atoms with E-state index in [0.717, 1.165) is 39.5 Å². The first kappa shape index (κ1) is 25.6. The zero-order valence-electron chi connectivity index (χ0n) is 20.2. The third-order valence-corrected chi connectivity index (χ3v) is 6.01. The number of carbonyl (C=O) groups is 1. The minimum atomic E-state index is -0.233. The Labute approximate surface area is 208 Å². The zero-order valence-corrected chi connectivity index (χ0v) is 21.0. The molecule has 0 bridgehead atoms. The monoisotopic (exact) mass is 489 g/mol. The van der Waals surface area contributed by atoms with Crippen molar-refractivity contribution in [3.63, 3.8) is 0 Å². The van der Waals surface area contributed by atoms with Crippen molar-refractivity contribution < 1.29 is 9.18 Å². The fourth-order valence-corrected chi connectivity index (χ4v) is 4.36. The summed E-state index contributed by atoms with van der Waals surface area (Å²) in [5.41, 5.74) is 5.35. The first-order valence-corrected chi connectivity index (χ1v) is 12.0. The van der Waals surface area contributed by atoms with E-state index in [1.165, 1.54) is 11.3 Å². The fraction of sp³-hybridized carbons (Fsp3) is 0.148. The van der Waals surface area contributed by atoms with Crippen LogP contribution in [0, 0.1) is 12.7 Å². The minimum Gasteiger partial charge on any atom is -0.388 e. The van der Waals surface area contributed by atoms with E-state index in [1.54, 1.807) is 16.9 Å². The van der Waals surface area contributed by atoms with Gasteiger partial charge in [0.25, 0.3) is 0 Å². The normalized spacial score (nSPS) is 10.1. The van der Waals surface area contributed by atoms with Crippen molar-refractivity contribution in [3.8, 4) is 16.9 Å². The maximum Gasteiger partial charge on any atom is 0.143 e. The van der Waals surface area contributed by atoms with E-state index >= 15 is 0 Å². The summed E-state index contributed by atoms with van der Waals surface area (Å²) in [6.45, 7) is 7.93. The topological polar surface area (TPSA) is 71.8 Å². The first-order chi connectivity index (χ1) is 17.1. The van der Waals surface area contributed by atoms with Crippen LogP contribution in [0.2, 0.25) is 0 Å². The van der Waals surface area contributed by atoms with Gasteiger partial charge in [-0.3, -0.25) is 0 Å². The average molecular weight is 490 g/mol. The molecule has 3 heterocycles. The molecule has 3 aromatic heterocycles. The van der Waals surface area contributed by atoms with Gasteiger partial charge in [0, 0.05) is 36.2 Å². The molecule has 180 valence electrons. The molecule has 0 radical (unpaired) electrons. The molecular formula is C27H28FN5OS. The molecule has 8 heteroatoms. The van der Waals surface area contributed by atoms with Crippen LogP contribution in [0.25, 0.3) is 27.0 Å². The number of halogens is 1. The van der Waals surface area contributed by atoms with Crippen LogP contribution in [0.3, 0.4) is 0 Å². The molecule has 5 rings (SSSR count). The van der Waals surface area contributed by atoms with Crippen molar-refractivity contribution in [3.05, 3.63) is 83.8 Å². The maximum atomic E-state index is 14.6. The number of carbonyl (C=O) groups excluding carboxylic acids is 1. The molecule has 2 aromatic carbocycles. The largest absolute Gasteiger partial charge is 0.388 e. The Morgan fingerprint density at radius 2 is 1.69 bits per heavy atom. The predicted molar refractivity (Wildman–Crippen MR) is 145 cm³/mol. The molecule has 0 atom stereocenters. The molecule has 0 amide bonds. The third kappa shape index (κ3) is 5.73. The second-order valence-electron chi connectivity index (χ2n) is 7.23. The van der Waals surface area contributed by atoms with Crippen molar-refractivity contribution in [1.82, 2.24) is 14.8 Å². The Balaban J connectivity index is 0.000000815. The van der Waals surface area contributed by atoms with Crippen molar-refractivity contribution in [2.24, 2.45) is 0 Å². The van der Waals surface area contributed by atoms with Crippen LogP contribution in [0.5, 0.6) is 0 Å². The fourth-order valence-electron chi connectivity index (χ4n) is 3.57. The summed E-state index contributed by atoms with van der Waals surface area (Å²) in [6, 6.07) is 19.3. The number of aryl methyl sites for hydroxylation is 1. The van der Waals surface area contributed by atoms with Crippen molar-refractivity contribution in [2.75, 3.05) is 17.7 Å². The summed E-state index contributed by atoms with van der Waals surface area (Å²) in [5.74, 6) is 0.489. The molecule has 0 aliphatic rings. The van der Waals surface area contributed by atoms with Gasteiger partial charge in [0.15, 0.2) is 0 Å². The van der Waals surface area contributed by atoms with Gasteiger partial charge in [0.1, 0.15) is 18.4 Å². The van der Waals surface area contributed by atoms with Gasteiger partial charge in [-0.1, -0.05) is 13.8 Å². The molecule has 0 unspecified atom stereocenters. The lowest BCUT2D eigenvalue weighted by Crippen LogP contribution is -2.01. The molecule has 0 fully saturated rings. The second kappa shape index (κ2) is 11.9. The Morgan fingerprint density at radius 3 is 2.40 bits per heavy atom. The third-order valence-electron chi connectivity index (χ3n) is 5.07. The number of fused-ring (bicyclic) bond motifs is 1. The van der Waals surface area contributed by atoms with Gasteiger partial charge >= 0.3 is 0 Å². The minimum absolute atomic E-state index is 0.233. The summed E-state index contributed by atoms with van der Waals surface area (Å²) in [7, 11) is 1.89. The van der Waals surface area contributed by atoms with Gasteiger partial charge in [-0.15, -0.1) is 11.3 Å². The lowest BCUT2D eigenvalue weighted by Gasteiger charge is -2.11. The van der Waals surface area contributed by atoms with Gasteiger partial charge in [0.2, 0.25) is 0 Å². The van der Waals surface area contributed by atoms with Crippen LogP contribution < -0.4 is 10.6 Å². The van der Waals surface area contributed by atoms with E-state index < -0.39 is 0 Å². The van der Waals surface area contributed by atoms with Gasteiger partial charge in [-0.05, 0) is 72.3 Å². The van der Waals surface area contributed by atoms with Gasteiger partial charge in [-0.2, -0.15) is 5.10 Å². The summed E-state index contributed by atoms with van der Waals surface area (Å²) in [5, 5.41) is 13.8. The Morgan fingerprint density at radius 1 is 0.971 bits per heavy atom. The van der Waals surface area contributed by atoms with E-state index in [1.807, 2.05) is 94.6 Å². The lowest BCUT2D eigenvalue weighted by atomic mass is 10.1. The number of hydrogen-bond donors (Lipinski definition) is 2. The highest BCUT2D eigenvalue weighted by molar-refractivity contribution is 7.17. The van der Waals surface area contributed by atoms with Gasteiger partial charge in [0.05, 0.1) is 21.8 Å². The Bertz CT molecular complexity index is 1390. The van der Waals surface area contributed by atoms with Gasteiger partial charge in [-0.25, -0.2) is 14.1 Å². The highest BCUT2D eigenvalue weighted by Crippen LogP contribution is 2.31. The number of thiophene rings is 1. The van der Waals surface area contributed by atoms with Gasteiger partial charge < -0.3 is 15.4 Å². The lowest BCUT2D eigenvalue weighted by molar-refractivity contribution is -0.0979. The summed E-state index contributed by atoms with van der Waals surface area (Å²) in [6.07, 6.45) is 1.76. The van der Waals surface area contributed by atoms with E-state index in [4.69, 9.17) is 4.79 Å². The van der Waals surface area contributed by atoms with E-state index in [0.29, 0.717) is 10.4 Å². The van der Waals surface area contributed by atoms with Crippen molar-refractivity contribution in [1.29, 1.82) is 0 Å². The van der Waals surface area contributed by atoms with Crippen LogP contribution >= 0.6 is 11.3 Å². The smallest absolute Gasteiger partial charge is 0.143 e. The molecule has 0 saturated carbocycles. The van der Waals surface area contributed by atoms with E-state index in [9.17, 15) is 4.39 Å². The number of benzene rings is 2.